The minimum atomic E-state index is -4.48. The molecule has 5 N–H and O–H groups in total. The summed E-state index contributed by atoms with van der Waals surface area (Å²) in [7, 11) is 1.71. The number of hydrogen-bond donors (Lipinski definition) is 5. The number of nitrogens with zero attached hydrogens (tertiary/aromatic N) is 5. The molecule has 1 aliphatic rings. The van der Waals surface area contributed by atoms with Gasteiger partial charge in [-0.2, -0.15) is 18.2 Å². The highest BCUT2D eigenvalue weighted by atomic mass is 32.1. The normalized spacial score (nSPS) is 22.6. The van der Waals surface area contributed by atoms with Gasteiger partial charge in [0.2, 0.25) is 5.95 Å². The Morgan fingerprint density at radius 2 is 1.92 bits per heavy atom. The third kappa shape index (κ3) is 5.16. The maximum atomic E-state index is 12.9. The molecule has 0 bridgehead atoms. The summed E-state index contributed by atoms with van der Waals surface area (Å²) >= 11 is 1.37. The zero-order valence-corrected chi connectivity index (χ0v) is 21.2. The van der Waals surface area contributed by atoms with Crippen molar-refractivity contribution < 1.29 is 28.5 Å². The highest BCUT2D eigenvalue weighted by Crippen LogP contribution is 2.40. The van der Waals surface area contributed by atoms with Gasteiger partial charge in [-0.05, 0) is 25.5 Å². The van der Waals surface area contributed by atoms with Gasteiger partial charge in [-0.25, -0.2) is 15.0 Å². The summed E-state index contributed by atoms with van der Waals surface area (Å²) in [4.78, 5) is 17.3. The second-order valence-electron chi connectivity index (χ2n) is 9.28. The van der Waals surface area contributed by atoms with Gasteiger partial charge in [-0.3, -0.25) is 0 Å². The van der Waals surface area contributed by atoms with Gasteiger partial charge in [-0.15, -0.1) is 11.3 Å². The third-order valence-corrected chi connectivity index (χ3v) is 7.68. The van der Waals surface area contributed by atoms with Gasteiger partial charge in [0.05, 0.1) is 33.6 Å². The van der Waals surface area contributed by atoms with Gasteiger partial charge in [-0.1, -0.05) is 12.1 Å². The van der Waals surface area contributed by atoms with Crippen LogP contribution in [0.1, 0.15) is 24.0 Å². The van der Waals surface area contributed by atoms with E-state index in [0.717, 1.165) is 10.2 Å². The summed E-state index contributed by atoms with van der Waals surface area (Å²) in [5.41, 5.74) is 1.59. The first-order valence-electron chi connectivity index (χ1n) is 11.8. The average molecular weight is 550 g/mol. The number of aliphatic hydroxyl groups is 3. The van der Waals surface area contributed by atoms with Crippen LogP contribution in [0.15, 0.2) is 36.7 Å². The van der Waals surface area contributed by atoms with Crippen molar-refractivity contribution in [2.24, 2.45) is 13.0 Å². The van der Waals surface area contributed by atoms with Gasteiger partial charge < -0.3 is 30.5 Å². The number of rotatable bonds is 7. The van der Waals surface area contributed by atoms with Crippen molar-refractivity contribution >= 4 is 33.3 Å². The predicted octanol–water partition coefficient (Wildman–Crippen LogP) is 3.03. The van der Waals surface area contributed by atoms with Crippen LogP contribution in [0.3, 0.4) is 0 Å². The highest BCUT2D eigenvalue weighted by Gasteiger charge is 2.46. The van der Waals surface area contributed by atoms with E-state index in [2.05, 4.69) is 30.6 Å². The Bertz CT molecular complexity index is 1410. The second-order valence-corrected chi connectivity index (χ2v) is 10.3. The van der Waals surface area contributed by atoms with Gasteiger partial charge in [0.1, 0.15) is 35.4 Å². The number of aryl methyl sites for hydroxylation is 2. The number of imidazole rings is 1. The largest absolute Gasteiger partial charge is 0.405 e. The van der Waals surface area contributed by atoms with E-state index >= 15 is 0 Å². The second kappa shape index (κ2) is 10.1. The minimum absolute atomic E-state index is 0.143. The molecule has 1 saturated carbocycles. The van der Waals surface area contributed by atoms with Crippen molar-refractivity contribution in [2.45, 2.75) is 43.9 Å². The number of benzene rings is 1. The number of alkyl halides is 3. The molecule has 5 rings (SSSR count). The minimum Gasteiger partial charge on any atom is -0.390 e. The van der Waals surface area contributed by atoms with E-state index < -0.39 is 43.0 Å². The SMILES string of the molecule is Cc1nc(NCC(F)(F)F)nc(N[C@@H]2C[C@H](C(O)c3nccn3C)[C@@H](O)[C@H]2O)c1-c1nc2ccccc2s1. The topological polar surface area (TPSA) is 141 Å². The molecule has 10 nitrogen and oxygen atoms in total. The molecule has 1 aromatic carbocycles. The molecule has 1 aliphatic carbocycles. The third-order valence-electron chi connectivity index (χ3n) is 6.62. The number of nitrogens with one attached hydrogen (secondary N) is 2. The number of hydrogen-bond acceptors (Lipinski definition) is 10. The zero-order valence-electron chi connectivity index (χ0n) is 20.4. The van der Waals surface area contributed by atoms with Crippen molar-refractivity contribution in [3.63, 3.8) is 0 Å². The fourth-order valence-corrected chi connectivity index (χ4v) is 5.79. The fourth-order valence-electron chi connectivity index (χ4n) is 4.72. The lowest BCUT2D eigenvalue weighted by Gasteiger charge is -2.21. The fraction of sp³-hybridized carbons (Fsp3) is 0.417. The molecule has 5 atom stereocenters. The number of fused-ring (bicyclic) bond motifs is 1. The van der Waals surface area contributed by atoms with Crippen LogP contribution in [-0.2, 0) is 7.05 Å². The molecule has 0 amide bonds. The summed E-state index contributed by atoms with van der Waals surface area (Å²) in [6.07, 6.45) is -4.87. The van der Waals surface area contributed by atoms with Crippen LogP contribution < -0.4 is 10.6 Å². The molecule has 3 aromatic heterocycles. The molecule has 0 radical (unpaired) electrons. The van der Waals surface area contributed by atoms with Crippen molar-refractivity contribution in [1.29, 1.82) is 0 Å². The Kier molecular flexibility index (Phi) is 6.98. The van der Waals surface area contributed by atoms with E-state index in [0.29, 0.717) is 22.1 Å². The average Bonchev–Trinajstić information content (AvgIpc) is 3.55. The summed E-state index contributed by atoms with van der Waals surface area (Å²) < 4.78 is 41.1. The van der Waals surface area contributed by atoms with Crippen molar-refractivity contribution in [2.75, 3.05) is 17.2 Å². The molecule has 1 unspecified atom stereocenters. The first-order chi connectivity index (χ1) is 18.0. The van der Waals surface area contributed by atoms with Crippen LogP contribution in [0.25, 0.3) is 20.8 Å². The molecule has 4 aromatic rings. The maximum absolute atomic E-state index is 12.9. The van der Waals surface area contributed by atoms with Crippen LogP contribution in [0.2, 0.25) is 0 Å². The molecular weight excluding hydrogens is 523 g/mol. The number of thiazole rings is 1. The predicted molar refractivity (Wildman–Crippen MR) is 136 cm³/mol. The summed E-state index contributed by atoms with van der Waals surface area (Å²) in [6.45, 7) is 0.315. The van der Waals surface area contributed by atoms with E-state index in [1.807, 2.05) is 24.3 Å². The Labute approximate surface area is 219 Å². The number of aromatic nitrogens is 5. The summed E-state index contributed by atoms with van der Waals surface area (Å²) in [6, 6.07) is 6.70. The Morgan fingerprint density at radius 3 is 2.61 bits per heavy atom. The zero-order chi connectivity index (χ0) is 27.2. The molecule has 3 heterocycles. The number of halogens is 3. The van der Waals surface area contributed by atoms with Gasteiger partial charge >= 0.3 is 6.18 Å². The van der Waals surface area contributed by atoms with E-state index in [4.69, 9.17) is 0 Å². The standard InChI is InChI=1S/C24H26F3N7O3S/c1-11-16(22-32-13-5-3-4-6-15(13)38-22)20(33-23(30-11)29-10-24(25,26)27)31-14-9-12(17(35)19(14)37)18(36)21-28-7-8-34(21)2/h3-8,12,14,17-19,35-37H,9-10H2,1-2H3,(H2,29,30,31,33)/t12-,14+,17+,18?,19-/m0/s1. The van der Waals surface area contributed by atoms with Crippen LogP contribution in [-0.4, -0.2) is 70.8 Å². The first-order valence-corrected chi connectivity index (χ1v) is 12.7. The monoisotopic (exact) mass is 549 g/mol. The van der Waals surface area contributed by atoms with Crippen LogP contribution in [0.5, 0.6) is 0 Å². The lowest BCUT2D eigenvalue weighted by atomic mass is 9.97. The molecule has 0 saturated heterocycles. The quantitative estimate of drug-likeness (QED) is 0.235. The van der Waals surface area contributed by atoms with E-state index in [1.54, 1.807) is 24.7 Å². The number of aliphatic hydroxyl groups excluding tert-OH is 3. The van der Waals surface area contributed by atoms with Crippen molar-refractivity contribution in [3.05, 3.63) is 48.2 Å². The Morgan fingerprint density at radius 1 is 1.16 bits per heavy atom. The first kappa shape index (κ1) is 26.3. The van der Waals surface area contributed by atoms with Crippen molar-refractivity contribution in [1.82, 2.24) is 24.5 Å². The van der Waals surface area contributed by atoms with Gasteiger partial charge in [0.25, 0.3) is 0 Å². The van der Waals surface area contributed by atoms with E-state index in [-0.39, 0.29) is 18.2 Å². The molecule has 202 valence electrons. The van der Waals surface area contributed by atoms with Gasteiger partial charge in [0, 0.05) is 25.4 Å². The lowest BCUT2D eigenvalue weighted by Crippen LogP contribution is -2.36. The molecule has 0 spiro atoms. The van der Waals surface area contributed by atoms with Crippen LogP contribution in [0, 0.1) is 12.8 Å². The summed E-state index contributed by atoms with van der Waals surface area (Å²) in [5, 5.41) is 38.3. The van der Waals surface area contributed by atoms with Gasteiger partial charge in [0.15, 0.2) is 0 Å². The Hall–Kier alpha value is -3.33. The maximum Gasteiger partial charge on any atom is 0.405 e. The molecule has 38 heavy (non-hydrogen) atoms. The van der Waals surface area contributed by atoms with Crippen molar-refractivity contribution in [3.8, 4) is 10.6 Å². The Balaban J connectivity index is 1.49. The smallest absolute Gasteiger partial charge is 0.390 e. The van der Waals surface area contributed by atoms with E-state index in [1.165, 1.54) is 17.5 Å². The molecule has 0 aliphatic heterocycles. The molecular formula is C24H26F3N7O3S. The van der Waals surface area contributed by atoms with Crippen LogP contribution >= 0.6 is 11.3 Å². The number of anilines is 2. The van der Waals surface area contributed by atoms with Crippen LogP contribution in [0.4, 0.5) is 24.9 Å². The molecule has 1 fully saturated rings. The number of para-hydroxylation sites is 1. The lowest BCUT2D eigenvalue weighted by molar-refractivity contribution is -0.115. The highest BCUT2D eigenvalue weighted by molar-refractivity contribution is 7.21. The summed E-state index contributed by atoms with van der Waals surface area (Å²) in [5.74, 6) is -0.497. The molecule has 14 heteroatoms. The van der Waals surface area contributed by atoms with E-state index in [9.17, 15) is 28.5 Å².